The number of fused-ring (bicyclic) bond motifs is 2. The highest BCUT2D eigenvalue weighted by atomic mass is 16.2. The lowest BCUT2D eigenvalue weighted by Gasteiger charge is -2.26. The molecule has 0 fully saturated rings. The van der Waals surface area contributed by atoms with Crippen LogP contribution in [0.25, 0.3) is 0 Å². The maximum absolute atomic E-state index is 12.7. The lowest BCUT2D eigenvalue weighted by atomic mass is 10.1. The number of carbonyl (C=O) groups excluding carboxylic acids is 2. The van der Waals surface area contributed by atoms with Crippen molar-refractivity contribution < 1.29 is 9.59 Å². The van der Waals surface area contributed by atoms with E-state index in [2.05, 4.69) is 26.2 Å². The van der Waals surface area contributed by atoms with E-state index in [1.165, 1.54) is 0 Å². The number of benzene rings is 1. The SMILES string of the molecule is CC1=C(C(=O)Nc2ccc3c(c2)CC(=O)N3)Cn2nnnc2N1C. The molecule has 0 atom stereocenters. The Hall–Kier alpha value is -3.23. The van der Waals surface area contributed by atoms with Gasteiger partial charge in [0, 0.05) is 24.1 Å². The zero-order valence-corrected chi connectivity index (χ0v) is 13.2. The van der Waals surface area contributed by atoms with Crippen LogP contribution >= 0.6 is 0 Å². The number of amides is 2. The molecular formula is C15H15N7O2. The number of allylic oxidation sites excluding steroid dienone is 1. The van der Waals surface area contributed by atoms with Crippen LogP contribution in [0.15, 0.2) is 29.5 Å². The molecule has 122 valence electrons. The maximum Gasteiger partial charge on any atom is 0.255 e. The van der Waals surface area contributed by atoms with Gasteiger partial charge in [0.15, 0.2) is 0 Å². The number of aromatic nitrogens is 4. The lowest BCUT2D eigenvalue weighted by molar-refractivity contribution is -0.115. The summed E-state index contributed by atoms with van der Waals surface area (Å²) in [7, 11) is 1.82. The molecule has 0 aliphatic carbocycles. The third-order valence-corrected chi connectivity index (χ3v) is 4.32. The van der Waals surface area contributed by atoms with Gasteiger partial charge in [-0.25, -0.2) is 4.68 Å². The van der Waals surface area contributed by atoms with Crippen LogP contribution in [0.2, 0.25) is 0 Å². The third-order valence-electron chi connectivity index (χ3n) is 4.32. The van der Waals surface area contributed by atoms with Gasteiger partial charge in [-0.3, -0.25) is 9.59 Å². The molecule has 0 saturated heterocycles. The van der Waals surface area contributed by atoms with Gasteiger partial charge < -0.3 is 15.5 Å². The van der Waals surface area contributed by atoms with Crippen LogP contribution in [0.5, 0.6) is 0 Å². The second-order valence-electron chi connectivity index (χ2n) is 5.81. The minimum Gasteiger partial charge on any atom is -0.326 e. The Morgan fingerprint density at radius 3 is 3.04 bits per heavy atom. The van der Waals surface area contributed by atoms with Crippen molar-refractivity contribution in [3.05, 3.63) is 35.0 Å². The number of hydrogen-bond donors (Lipinski definition) is 2. The van der Waals surface area contributed by atoms with E-state index in [1.54, 1.807) is 21.7 Å². The molecule has 0 radical (unpaired) electrons. The number of nitrogens with one attached hydrogen (secondary N) is 2. The van der Waals surface area contributed by atoms with Crippen LogP contribution in [-0.4, -0.2) is 39.1 Å². The third kappa shape index (κ3) is 2.21. The van der Waals surface area contributed by atoms with E-state index in [0.29, 0.717) is 30.2 Å². The summed E-state index contributed by atoms with van der Waals surface area (Å²) in [5, 5.41) is 17.1. The first-order chi connectivity index (χ1) is 11.5. The van der Waals surface area contributed by atoms with E-state index >= 15 is 0 Å². The summed E-state index contributed by atoms with van der Waals surface area (Å²) < 4.78 is 1.58. The molecule has 0 spiro atoms. The Kier molecular flexibility index (Phi) is 3.08. The number of hydrogen-bond acceptors (Lipinski definition) is 6. The molecule has 3 heterocycles. The van der Waals surface area contributed by atoms with E-state index in [1.807, 2.05) is 20.0 Å². The summed E-state index contributed by atoms with van der Waals surface area (Å²) in [5.74, 6) is 0.357. The van der Waals surface area contributed by atoms with Crippen molar-refractivity contribution in [1.29, 1.82) is 0 Å². The van der Waals surface area contributed by atoms with Gasteiger partial charge in [0.1, 0.15) is 0 Å². The molecule has 1 aromatic heterocycles. The molecule has 9 nitrogen and oxygen atoms in total. The van der Waals surface area contributed by atoms with Gasteiger partial charge in [0.25, 0.3) is 5.91 Å². The molecule has 24 heavy (non-hydrogen) atoms. The number of nitrogens with zero attached hydrogens (tertiary/aromatic N) is 5. The van der Waals surface area contributed by atoms with Crippen molar-refractivity contribution in [3.63, 3.8) is 0 Å². The quantitative estimate of drug-likeness (QED) is 0.834. The molecule has 1 aromatic carbocycles. The van der Waals surface area contributed by atoms with E-state index < -0.39 is 0 Å². The minimum absolute atomic E-state index is 0.0350. The first-order valence-electron chi connectivity index (χ1n) is 7.46. The molecule has 2 aromatic rings. The molecule has 0 unspecified atom stereocenters. The topological polar surface area (TPSA) is 105 Å². The van der Waals surface area contributed by atoms with Gasteiger partial charge in [-0.05, 0) is 41.1 Å². The molecule has 9 heteroatoms. The van der Waals surface area contributed by atoms with Crippen LogP contribution < -0.4 is 15.5 Å². The standard InChI is InChI=1S/C15H15N7O2/c1-8-11(7-22-15(21(8)2)18-19-20-22)14(24)16-10-3-4-12-9(5-10)6-13(23)17-12/h3-5H,6-7H2,1-2H3,(H,16,24)(H,17,23). The highest BCUT2D eigenvalue weighted by molar-refractivity contribution is 6.05. The first-order valence-corrected chi connectivity index (χ1v) is 7.46. The van der Waals surface area contributed by atoms with Gasteiger partial charge >= 0.3 is 0 Å². The van der Waals surface area contributed by atoms with Crippen molar-refractivity contribution in [3.8, 4) is 0 Å². The zero-order valence-electron chi connectivity index (χ0n) is 13.2. The number of rotatable bonds is 2. The largest absolute Gasteiger partial charge is 0.326 e. The van der Waals surface area contributed by atoms with Crippen LogP contribution in [0.4, 0.5) is 17.3 Å². The monoisotopic (exact) mass is 325 g/mol. The average molecular weight is 325 g/mol. The normalized spacial score (nSPS) is 15.9. The molecule has 0 bridgehead atoms. The fraction of sp³-hybridized carbons (Fsp3) is 0.267. The van der Waals surface area contributed by atoms with Crippen LogP contribution in [-0.2, 0) is 22.6 Å². The van der Waals surface area contributed by atoms with Gasteiger partial charge in [-0.1, -0.05) is 5.10 Å². The summed E-state index contributed by atoms with van der Waals surface area (Å²) in [6.07, 6.45) is 0.331. The molecule has 2 aliphatic rings. The summed E-state index contributed by atoms with van der Waals surface area (Å²) in [5.41, 5.74) is 3.72. The summed E-state index contributed by atoms with van der Waals surface area (Å²) >= 11 is 0. The van der Waals surface area contributed by atoms with Crippen molar-refractivity contribution >= 4 is 29.1 Å². The van der Waals surface area contributed by atoms with Gasteiger partial charge in [0.2, 0.25) is 11.9 Å². The molecule has 2 amide bonds. The van der Waals surface area contributed by atoms with E-state index in [-0.39, 0.29) is 11.8 Å². The van der Waals surface area contributed by atoms with E-state index in [0.717, 1.165) is 16.9 Å². The molecule has 0 saturated carbocycles. The van der Waals surface area contributed by atoms with Crippen LogP contribution in [0.1, 0.15) is 12.5 Å². The van der Waals surface area contributed by atoms with Crippen LogP contribution in [0, 0.1) is 0 Å². The molecule has 2 aliphatic heterocycles. The molecule has 4 rings (SSSR count). The smallest absolute Gasteiger partial charge is 0.255 e. The summed E-state index contributed by atoms with van der Waals surface area (Å²) in [6, 6.07) is 5.38. The van der Waals surface area contributed by atoms with Crippen molar-refractivity contribution in [2.45, 2.75) is 19.9 Å². The Morgan fingerprint density at radius 2 is 2.21 bits per heavy atom. The average Bonchev–Trinajstić information content (AvgIpc) is 3.15. The van der Waals surface area contributed by atoms with Gasteiger partial charge in [0.05, 0.1) is 18.5 Å². The van der Waals surface area contributed by atoms with Crippen molar-refractivity contribution in [1.82, 2.24) is 20.2 Å². The van der Waals surface area contributed by atoms with E-state index in [9.17, 15) is 9.59 Å². The van der Waals surface area contributed by atoms with Gasteiger partial charge in [-0.2, -0.15) is 0 Å². The first kappa shape index (κ1) is 14.4. The Bertz CT molecular complexity index is 899. The highest BCUT2D eigenvalue weighted by Crippen LogP contribution is 2.27. The minimum atomic E-state index is -0.210. The van der Waals surface area contributed by atoms with Crippen molar-refractivity contribution in [2.24, 2.45) is 0 Å². The Balaban J connectivity index is 1.58. The maximum atomic E-state index is 12.7. The summed E-state index contributed by atoms with van der Waals surface area (Å²) in [4.78, 5) is 25.9. The van der Waals surface area contributed by atoms with Crippen molar-refractivity contribution in [2.75, 3.05) is 22.6 Å². The van der Waals surface area contributed by atoms with Crippen LogP contribution in [0.3, 0.4) is 0 Å². The fourth-order valence-electron chi connectivity index (χ4n) is 2.91. The number of anilines is 3. The van der Waals surface area contributed by atoms with E-state index in [4.69, 9.17) is 0 Å². The zero-order chi connectivity index (χ0) is 16.8. The van der Waals surface area contributed by atoms with Gasteiger partial charge in [-0.15, -0.1) is 0 Å². The predicted molar refractivity (Wildman–Crippen MR) is 86.3 cm³/mol. The second-order valence-corrected chi connectivity index (χ2v) is 5.81. The second kappa shape index (κ2) is 5.15. The highest BCUT2D eigenvalue weighted by Gasteiger charge is 2.27. The Morgan fingerprint density at radius 1 is 1.38 bits per heavy atom. The fourth-order valence-corrected chi connectivity index (χ4v) is 2.91. The summed E-state index contributed by atoms with van der Waals surface area (Å²) in [6.45, 7) is 2.17. The predicted octanol–water partition coefficient (Wildman–Crippen LogP) is 0.530. The Labute approximate surface area is 137 Å². The molecule has 2 N–H and O–H groups in total. The molecular weight excluding hydrogens is 310 g/mol. The number of tetrazole rings is 1. The lowest BCUT2D eigenvalue weighted by Crippen LogP contribution is -2.32. The number of carbonyl (C=O) groups is 2.